The molecule has 2 heterocycles. The maximum atomic E-state index is 8.83. The molecule has 1 aliphatic rings. The number of nitriles is 1. The molecule has 16 heavy (non-hydrogen) atoms. The predicted octanol–water partition coefficient (Wildman–Crippen LogP) is 2.72. The Balaban J connectivity index is 2.11. The van der Waals surface area contributed by atoms with Crippen molar-refractivity contribution in [3.05, 3.63) is 23.9 Å². The summed E-state index contributed by atoms with van der Waals surface area (Å²) in [6.07, 6.45) is 6.46. The highest BCUT2D eigenvalue weighted by molar-refractivity contribution is 5.41. The molecule has 2 rings (SSSR count). The van der Waals surface area contributed by atoms with Crippen molar-refractivity contribution in [1.82, 2.24) is 4.98 Å². The summed E-state index contributed by atoms with van der Waals surface area (Å²) in [5.41, 5.74) is 0.513. The van der Waals surface area contributed by atoms with E-state index in [-0.39, 0.29) is 0 Å². The van der Waals surface area contributed by atoms with Gasteiger partial charge in [-0.3, -0.25) is 0 Å². The van der Waals surface area contributed by atoms with Crippen LogP contribution in [0.2, 0.25) is 0 Å². The fourth-order valence-corrected chi connectivity index (χ4v) is 2.14. The van der Waals surface area contributed by atoms with Gasteiger partial charge in [-0.05, 0) is 25.0 Å². The number of aromatic nitrogens is 1. The molecule has 1 aromatic rings. The van der Waals surface area contributed by atoms with Gasteiger partial charge in [0.15, 0.2) is 0 Å². The van der Waals surface area contributed by atoms with Gasteiger partial charge < -0.3 is 4.90 Å². The summed E-state index contributed by atoms with van der Waals surface area (Å²) in [4.78, 5) is 6.66. The minimum Gasteiger partial charge on any atom is -0.357 e. The lowest BCUT2D eigenvalue weighted by Gasteiger charge is -2.25. The van der Waals surface area contributed by atoms with E-state index in [2.05, 4.69) is 16.0 Å². The molecule has 0 aromatic carbocycles. The molecule has 0 atom stereocenters. The smallest absolute Gasteiger partial charge is 0.142 e. The first kappa shape index (κ1) is 10.9. The summed E-state index contributed by atoms with van der Waals surface area (Å²) in [5, 5.41) is 8.83. The first-order valence-corrected chi connectivity index (χ1v) is 6.02. The van der Waals surface area contributed by atoms with Crippen LogP contribution in [0.25, 0.3) is 0 Å². The zero-order valence-electron chi connectivity index (χ0n) is 9.52. The number of hydrogen-bond acceptors (Lipinski definition) is 3. The van der Waals surface area contributed by atoms with E-state index in [0.717, 1.165) is 18.9 Å². The fourth-order valence-electron chi connectivity index (χ4n) is 2.14. The van der Waals surface area contributed by atoms with Crippen LogP contribution in [0.15, 0.2) is 18.2 Å². The molecule has 0 amide bonds. The van der Waals surface area contributed by atoms with Crippen LogP contribution in [-0.2, 0) is 0 Å². The molecule has 0 unspecified atom stereocenters. The number of pyridine rings is 1. The van der Waals surface area contributed by atoms with Gasteiger partial charge in [0.25, 0.3) is 0 Å². The molecule has 0 bridgehead atoms. The van der Waals surface area contributed by atoms with Gasteiger partial charge in [-0.25, -0.2) is 4.98 Å². The van der Waals surface area contributed by atoms with E-state index >= 15 is 0 Å². The molecule has 3 nitrogen and oxygen atoms in total. The second-order valence-corrected chi connectivity index (χ2v) is 4.25. The van der Waals surface area contributed by atoms with Gasteiger partial charge in [0, 0.05) is 13.1 Å². The predicted molar refractivity (Wildman–Crippen MR) is 64.3 cm³/mol. The van der Waals surface area contributed by atoms with E-state index in [1.165, 1.54) is 32.1 Å². The number of hydrogen-bond donors (Lipinski definition) is 0. The van der Waals surface area contributed by atoms with Crippen LogP contribution in [-0.4, -0.2) is 18.1 Å². The first-order chi connectivity index (χ1) is 7.90. The second kappa shape index (κ2) is 5.50. The summed E-state index contributed by atoms with van der Waals surface area (Å²) < 4.78 is 0. The molecule has 3 heteroatoms. The quantitative estimate of drug-likeness (QED) is 0.723. The van der Waals surface area contributed by atoms with Gasteiger partial charge in [0.2, 0.25) is 0 Å². The Morgan fingerprint density at radius 2 is 1.75 bits per heavy atom. The Hall–Kier alpha value is -1.56. The van der Waals surface area contributed by atoms with Crippen LogP contribution < -0.4 is 4.90 Å². The highest BCUT2D eigenvalue weighted by atomic mass is 15.2. The van der Waals surface area contributed by atoms with Crippen LogP contribution >= 0.6 is 0 Å². The summed E-state index contributed by atoms with van der Waals surface area (Å²) in [5.74, 6) is 0.959. The summed E-state index contributed by atoms with van der Waals surface area (Å²) in [6.45, 7) is 2.14. The highest BCUT2D eigenvalue weighted by Crippen LogP contribution is 2.17. The minimum atomic E-state index is 0.513. The molecule has 0 aliphatic carbocycles. The zero-order valence-corrected chi connectivity index (χ0v) is 9.52. The number of nitrogens with zero attached hydrogens (tertiary/aromatic N) is 3. The Labute approximate surface area is 96.7 Å². The third kappa shape index (κ3) is 2.73. The van der Waals surface area contributed by atoms with E-state index < -0.39 is 0 Å². The van der Waals surface area contributed by atoms with Gasteiger partial charge in [0.1, 0.15) is 17.6 Å². The Kier molecular flexibility index (Phi) is 3.76. The second-order valence-electron chi connectivity index (χ2n) is 4.25. The molecule has 1 aliphatic heterocycles. The van der Waals surface area contributed by atoms with Crippen molar-refractivity contribution in [2.45, 2.75) is 32.1 Å². The van der Waals surface area contributed by atoms with Gasteiger partial charge in [-0.15, -0.1) is 0 Å². The van der Waals surface area contributed by atoms with Gasteiger partial charge in [-0.2, -0.15) is 5.26 Å². The van der Waals surface area contributed by atoms with Crippen molar-refractivity contribution in [3.63, 3.8) is 0 Å². The molecule has 0 N–H and O–H groups in total. The molecule has 0 radical (unpaired) electrons. The Morgan fingerprint density at radius 3 is 2.44 bits per heavy atom. The van der Waals surface area contributed by atoms with Gasteiger partial charge >= 0.3 is 0 Å². The Morgan fingerprint density at radius 1 is 1.06 bits per heavy atom. The molecule has 1 saturated heterocycles. The van der Waals surface area contributed by atoms with Crippen molar-refractivity contribution in [2.75, 3.05) is 18.0 Å². The lowest BCUT2D eigenvalue weighted by Crippen LogP contribution is -2.27. The normalized spacial score (nSPS) is 17.3. The van der Waals surface area contributed by atoms with E-state index in [4.69, 9.17) is 5.26 Å². The van der Waals surface area contributed by atoms with Crippen molar-refractivity contribution in [2.24, 2.45) is 0 Å². The lowest BCUT2D eigenvalue weighted by atomic mass is 10.1. The third-order valence-electron chi connectivity index (χ3n) is 3.03. The lowest BCUT2D eigenvalue weighted by molar-refractivity contribution is 0.554. The number of anilines is 1. The monoisotopic (exact) mass is 215 g/mol. The summed E-state index contributed by atoms with van der Waals surface area (Å²) >= 11 is 0. The average Bonchev–Trinajstić information content (AvgIpc) is 2.29. The fraction of sp³-hybridized carbons (Fsp3) is 0.538. The van der Waals surface area contributed by atoms with Crippen LogP contribution in [0.1, 0.15) is 37.8 Å². The molecule has 0 spiro atoms. The topological polar surface area (TPSA) is 39.9 Å². The number of rotatable bonds is 1. The maximum Gasteiger partial charge on any atom is 0.142 e. The van der Waals surface area contributed by atoms with E-state index in [1.807, 2.05) is 12.1 Å². The third-order valence-corrected chi connectivity index (χ3v) is 3.03. The summed E-state index contributed by atoms with van der Waals surface area (Å²) in [6, 6.07) is 7.77. The van der Waals surface area contributed by atoms with Crippen LogP contribution in [0.4, 0.5) is 5.82 Å². The summed E-state index contributed by atoms with van der Waals surface area (Å²) in [7, 11) is 0. The minimum absolute atomic E-state index is 0.513. The van der Waals surface area contributed by atoms with Gasteiger partial charge in [0.05, 0.1) is 0 Å². The van der Waals surface area contributed by atoms with Crippen LogP contribution in [0.3, 0.4) is 0 Å². The highest BCUT2D eigenvalue weighted by Gasteiger charge is 2.10. The van der Waals surface area contributed by atoms with Gasteiger partial charge in [-0.1, -0.05) is 25.3 Å². The molecule has 84 valence electrons. The van der Waals surface area contributed by atoms with Crippen LogP contribution in [0, 0.1) is 11.3 Å². The first-order valence-electron chi connectivity index (χ1n) is 6.02. The average molecular weight is 215 g/mol. The molecular formula is C13H17N3. The maximum absolute atomic E-state index is 8.83. The largest absolute Gasteiger partial charge is 0.357 e. The molecule has 0 saturated carbocycles. The molecular weight excluding hydrogens is 198 g/mol. The molecule has 1 fully saturated rings. The van der Waals surface area contributed by atoms with Crippen molar-refractivity contribution < 1.29 is 0 Å². The van der Waals surface area contributed by atoms with Crippen LogP contribution in [0.5, 0.6) is 0 Å². The van der Waals surface area contributed by atoms with E-state index in [1.54, 1.807) is 6.07 Å². The van der Waals surface area contributed by atoms with Crippen molar-refractivity contribution >= 4 is 5.82 Å². The standard InChI is InChI=1S/C13H17N3/c14-11-12-7-6-8-13(15-12)16-9-4-2-1-3-5-10-16/h6-8H,1-5,9-10H2. The Bertz CT molecular complexity index is 373. The SMILES string of the molecule is N#Cc1cccc(N2CCCCCCC2)n1. The van der Waals surface area contributed by atoms with E-state index in [0.29, 0.717) is 5.69 Å². The molecule has 1 aromatic heterocycles. The zero-order chi connectivity index (χ0) is 11.2. The van der Waals surface area contributed by atoms with E-state index in [9.17, 15) is 0 Å². The van der Waals surface area contributed by atoms with Crippen molar-refractivity contribution in [3.8, 4) is 6.07 Å². The van der Waals surface area contributed by atoms with Crippen molar-refractivity contribution in [1.29, 1.82) is 5.26 Å².